The van der Waals surface area contributed by atoms with E-state index in [-0.39, 0.29) is 5.25 Å². The van der Waals surface area contributed by atoms with E-state index in [0.717, 1.165) is 27.7 Å². The molecule has 0 aliphatic heterocycles. The van der Waals surface area contributed by atoms with Gasteiger partial charge < -0.3 is 9.15 Å². The Hall–Kier alpha value is -3.13. The van der Waals surface area contributed by atoms with Gasteiger partial charge in [0.2, 0.25) is 11.8 Å². The molecule has 0 bridgehead atoms. The zero-order chi connectivity index (χ0) is 20.4. The Morgan fingerprint density at radius 1 is 1.03 bits per heavy atom. The van der Waals surface area contributed by atoms with Gasteiger partial charge in [-0.3, -0.25) is 4.57 Å². The minimum atomic E-state index is -0.0810. The number of rotatable bonds is 6. The fourth-order valence-electron chi connectivity index (χ4n) is 2.91. The lowest BCUT2D eigenvalue weighted by atomic mass is 10.1. The molecule has 2 aromatic heterocycles. The molecule has 0 aliphatic rings. The summed E-state index contributed by atoms with van der Waals surface area (Å²) in [5.41, 5.74) is 4.25. The van der Waals surface area contributed by atoms with Gasteiger partial charge >= 0.3 is 0 Å². The van der Waals surface area contributed by atoms with E-state index in [2.05, 4.69) is 52.4 Å². The predicted octanol–water partition coefficient (Wildman–Crippen LogP) is 4.80. The summed E-state index contributed by atoms with van der Waals surface area (Å²) in [5, 5.41) is 17.5. The number of hydrogen-bond acceptors (Lipinski definition) is 7. The van der Waals surface area contributed by atoms with Gasteiger partial charge in [0.1, 0.15) is 12.1 Å². The third-order valence-corrected chi connectivity index (χ3v) is 5.59. The summed E-state index contributed by atoms with van der Waals surface area (Å²) < 4.78 is 13.1. The molecular formula is C21H21N5O2S. The van der Waals surface area contributed by atoms with Crippen molar-refractivity contribution in [3.63, 3.8) is 0 Å². The van der Waals surface area contributed by atoms with Crippen LogP contribution in [0.25, 0.3) is 17.1 Å². The van der Waals surface area contributed by atoms with Gasteiger partial charge in [-0.15, -0.1) is 20.4 Å². The van der Waals surface area contributed by atoms with Crippen LogP contribution in [-0.2, 0) is 0 Å². The molecule has 2 heterocycles. The number of thioether (sulfide) groups is 1. The van der Waals surface area contributed by atoms with Gasteiger partial charge in [-0.25, -0.2) is 0 Å². The Bertz CT molecular complexity index is 1120. The molecule has 0 radical (unpaired) electrons. The molecule has 0 saturated heterocycles. The van der Waals surface area contributed by atoms with Crippen molar-refractivity contribution in [3.8, 4) is 22.9 Å². The van der Waals surface area contributed by atoms with Crippen molar-refractivity contribution in [2.45, 2.75) is 31.2 Å². The number of aryl methyl sites for hydroxylation is 2. The van der Waals surface area contributed by atoms with E-state index >= 15 is 0 Å². The highest BCUT2D eigenvalue weighted by Gasteiger charge is 2.20. The monoisotopic (exact) mass is 407 g/mol. The summed E-state index contributed by atoms with van der Waals surface area (Å²) in [5.74, 6) is 1.80. The number of methoxy groups -OCH3 is 1. The predicted molar refractivity (Wildman–Crippen MR) is 111 cm³/mol. The summed E-state index contributed by atoms with van der Waals surface area (Å²) in [6.07, 6.45) is 1.73. The molecule has 0 amide bonds. The van der Waals surface area contributed by atoms with E-state index in [4.69, 9.17) is 9.15 Å². The first-order chi connectivity index (χ1) is 14.0. The lowest BCUT2D eigenvalue weighted by Gasteiger charge is -2.11. The third-order valence-electron chi connectivity index (χ3n) is 4.55. The van der Waals surface area contributed by atoms with Gasteiger partial charge in [-0.1, -0.05) is 23.9 Å². The highest BCUT2D eigenvalue weighted by Crippen LogP contribution is 2.35. The fraction of sp³-hybridized carbons (Fsp3) is 0.238. The van der Waals surface area contributed by atoms with Crippen LogP contribution in [-0.4, -0.2) is 32.1 Å². The molecule has 1 atom stereocenters. The Kier molecular flexibility index (Phi) is 5.35. The molecule has 0 aliphatic carbocycles. The topological polar surface area (TPSA) is 78.9 Å². The molecular weight excluding hydrogens is 386 g/mol. The van der Waals surface area contributed by atoms with E-state index < -0.39 is 0 Å². The molecule has 4 aromatic rings. The normalized spacial score (nSPS) is 12.1. The SMILES string of the molecule is COc1ccc(-c2nnc([C@H](C)Sc3nncn3-c3cc(C)ccc3C)o2)cc1. The Morgan fingerprint density at radius 3 is 2.59 bits per heavy atom. The van der Waals surface area contributed by atoms with E-state index in [1.807, 2.05) is 35.8 Å². The highest BCUT2D eigenvalue weighted by molar-refractivity contribution is 7.99. The van der Waals surface area contributed by atoms with Crippen LogP contribution in [0.2, 0.25) is 0 Å². The van der Waals surface area contributed by atoms with Crippen LogP contribution in [0.4, 0.5) is 0 Å². The standard InChI is InChI=1S/C21H21N5O2S/c1-13-5-6-14(2)18(11-13)26-12-22-25-21(26)29-15(3)19-23-24-20(28-19)16-7-9-17(27-4)10-8-16/h5-12,15H,1-4H3/t15-/m0/s1. The molecule has 0 saturated carbocycles. The highest BCUT2D eigenvalue weighted by atomic mass is 32.2. The van der Waals surface area contributed by atoms with Crippen LogP contribution >= 0.6 is 11.8 Å². The molecule has 0 unspecified atom stereocenters. The van der Waals surface area contributed by atoms with Gasteiger partial charge in [0.15, 0.2) is 5.16 Å². The zero-order valence-corrected chi connectivity index (χ0v) is 17.5. The second-order valence-corrected chi connectivity index (χ2v) is 8.02. The molecule has 0 fully saturated rings. The van der Waals surface area contributed by atoms with Crippen molar-refractivity contribution >= 4 is 11.8 Å². The smallest absolute Gasteiger partial charge is 0.247 e. The largest absolute Gasteiger partial charge is 0.497 e. The number of aromatic nitrogens is 5. The maximum Gasteiger partial charge on any atom is 0.247 e. The summed E-state index contributed by atoms with van der Waals surface area (Å²) in [4.78, 5) is 0. The fourth-order valence-corrected chi connectivity index (χ4v) is 3.77. The summed E-state index contributed by atoms with van der Waals surface area (Å²) in [6.45, 7) is 6.16. The van der Waals surface area contributed by atoms with Crippen molar-refractivity contribution in [1.29, 1.82) is 0 Å². The van der Waals surface area contributed by atoms with Gasteiger partial charge in [0.05, 0.1) is 18.0 Å². The van der Waals surface area contributed by atoms with Gasteiger partial charge in [0, 0.05) is 5.56 Å². The number of ether oxygens (including phenoxy) is 1. The number of nitrogens with zero attached hydrogens (tertiary/aromatic N) is 5. The molecule has 7 nitrogen and oxygen atoms in total. The van der Waals surface area contributed by atoms with Gasteiger partial charge in [0.25, 0.3) is 0 Å². The molecule has 8 heteroatoms. The molecule has 0 N–H and O–H groups in total. The minimum absolute atomic E-state index is 0.0810. The number of benzene rings is 2. The van der Waals surface area contributed by atoms with Crippen molar-refractivity contribution in [3.05, 3.63) is 65.8 Å². The van der Waals surface area contributed by atoms with Crippen LogP contribution in [0.3, 0.4) is 0 Å². The van der Waals surface area contributed by atoms with Crippen molar-refractivity contribution < 1.29 is 9.15 Å². The lowest BCUT2D eigenvalue weighted by molar-refractivity contribution is 0.415. The minimum Gasteiger partial charge on any atom is -0.497 e. The maximum absolute atomic E-state index is 5.90. The summed E-state index contributed by atoms with van der Waals surface area (Å²) >= 11 is 1.53. The molecule has 0 spiro atoms. The Labute approximate surface area is 173 Å². The molecule has 29 heavy (non-hydrogen) atoms. The van der Waals surface area contributed by atoms with Crippen molar-refractivity contribution in [2.24, 2.45) is 0 Å². The van der Waals surface area contributed by atoms with E-state index in [1.54, 1.807) is 13.4 Å². The van der Waals surface area contributed by atoms with Crippen LogP contribution in [0.1, 0.15) is 29.2 Å². The van der Waals surface area contributed by atoms with Crippen LogP contribution in [0.5, 0.6) is 5.75 Å². The number of hydrogen-bond donors (Lipinski definition) is 0. The molecule has 148 valence electrons. The molecule has 2 aromatic carbocycles. The second-order valence-electron chi connectivity index (χ2n) is 6.71. The maximum atomic E-state index is 5.90. The van der Waals surface area contributed by atoms with Crippen molar-refractivity contribution in [1.82, 2.24) is 25.0 Å². The Balaban J connectivity index is 1.55. The first kappa shape index (κ1) is 19.2. The van der Waals surface area contributed by atoms with E-state index in [0.29, 0.717) is 11.8 Å². The first-order valence-corrected chi connectivity index (χ1v) is 10.0. The van der Waals surface area contributed by atoms with Crippen LogP contribution < -0.4 is 4.74 Å². The Morgan fingerprint density at radius 2 is 1.83 bits per heavy atom. The lowest BCUT2D eigenvalue weighted by Crippen LogP contribution is -2.00. The average molecular weight is 407 g/mol. The average Bonchev–Trinajstić information content (AvgIpc) is 3.40. The van der Waals surface area contributed by atoms with Crippen LogP contribution in [0.15, 0.2) is 58.4 Å². The third kappa shape index (κ3) is 4.02. The van der Waals surface area contributed by atoms with Gasteiger partial charge in [-0.2, -0.15) is 0 Å². The van der Waals surface area contributed by atoms with Crippen molar-refractivity contribution in [2.75, 3.05) is 7.11 Å². The quantitative estimate of drug-likeness (QED) is 0.425. The summed E-state index contributed by atoms with van der Waals surface area (Å²) in [6, 6.07) is 13.8. The van der Waals surface area contributed by atoms with E-state index in [9.17, 15) is 0 Å². The summed E-state index contributed by atoms with van der Waals surface area (Å²) in [7, 11) is 1.63. The van der Waals surface area contributed by atoms with E-state index in [1.165, 1.54) is 17.3 Å². The zero-order valence-electron chi connectivity index (χ0n) is 16.7. The first-order valence-electron chi connectivity index (χ1n) is 9.17. The molecule has 4 rings (SSSR count). The van der Waals surface area contributed by atoms with Gasteiger partial charge in [-0.05, 0) is 62.2 Å². The van der Waals surface area contributed by atoms with Crippen LogP contribution in [0, 0.1) is 13.8 Å². The second kappa shape index (κ2) is 8.08.